The van der Waals surface area contributed by atoms with E-state index in [1.165, 1.54) is 0 Å². The Balaban J connectivity index is 1.20. The summed E-state index contributed by atoms with van der Waals surface area (Å²) in [6.07, 6.45) is 5.78. The molecule has 0 atom stereocenters. The highest BCUT2D eigenvalue weighted by Gasteiger charge is 2.18. The van der Waals surface area contributed by atoms with Crippen LogP contribution in [0.15, 0.2) is 77.4 Å². The third-order valence-corrected chi connectivity index (χ3v) is 8.78. The van der Waals surface area contributed by atoms with Crippen LogP contribution in [0.3, 0.4) is 0 Å². The molecule has 44 heavy (non-hydrogen) atoms. The molecule has 0 saturated heterocycles. The number of nitrogens with zero attached hydrogens (tertiary/aromatic N) is 5. The quantitative estimate of drug-likeness (QED) is 0.153. The molecule has 0 aliphatic carbocycles. The number of imidazole rings is 1. The normalized spacial score (nSPS) is 11.3. The lowest BCUT2D eigenvalue weighted by Crippen LogP contribution is -2.18. The van der Waals surface area contributed by atoms with Crippen LogP contribution in [-0.2, 0) is 18.7 Å². The van der Waals surface area contributed by atoms with Crippen LogP contribution in [-0.4, -0.2) is 70.0 Å². The van der Waals surface area contributed by atoms with Crippen molar-refractivity contribution in [3.8, 4) is 11.5 Å². The van der Waals surface area contributed by atoms with Gasteiger partial charge in [-0.2, -0.15) is 11.8 Å². The summed E-state index contributed by atoms with van der Waals surface area (Å²) in [5.74, 6) is 3.78. The number of methoxy groups -OCH3 is 2. The Bertz CT molecular complexity index is 1630. The molecule has 0 spiro atoms. The number of hydrogen-bond acceptors (Lipinski definition) is 10. The fourth-order valence-corrected chi connectivity index (χ4v) is 6.49. The second kappa shape index (κ2) is 15.0. The van der Waals surface area contributed by atoms with Crippen molar-refractivity contribution in [2.75, 3.05) is 45.9 Å². The van der Waals surface area contributed by atoms with Crippen LogP contribution in [0.1, 0.15) is 39.1 Å². The number of hydrogen-bond donors (Lipinski definition) is 2. The molecule has 0 aliphatic rings. The molecule has 230 valence electrons. The van der Waals surface area contributed by atoms with Gasteiger partial charge in [0.15, 0.2) is 0 Å². The first kappa shape index (κ1) is 31.3. The SMILES string of the molecule is COc1ccc(C(c2ccc(OC)cc2)n2cnc(Cc3cnc(NCCSCc4csc(CN(C)C)n4)[nH]c3=O)c2)cc1. The Morgan fingerprint density at radius 2 is 1.68 bits per heavy atom. The van der Waals surface area contributed by atoms with E-state index in [1.54, 1.807) is 49.8 Å². The Morgan fingerprint density at radius 3 is 2.30 bits per heavy atom. The van der Waals surface area contributed by atoms with Gasteiger partial charge in [0.05, 0.1) is 38.0 Å². The zero-order chi connectivity index (χ0) is 30.9. The number of benzene rings is 2. The van der Waals surface area contributed by atoms with Crippen LogP contribution >= 0.6 is 23.1 Å². The number of nitrogens with one attached hydrogen (secondary N) is 2. The third-order valence-electron chi connectivity index (χ3n) is 6.90. The highest BCUT2D eigenvalue weighted by atomic mass is 32.2. The lowest BCUT2D eigenvalue weighted by molar-refractivity contribution is 0.401. The number of aromatic nitrogens is 5. The molecule has 10 nitrogen and oxygen atoms in total. The van der Waals surface area contributed by atoms with E-state index in [4.69, 9.17) is 9.47 Å². The molecule has 2 aromatic carbocycles. The predicted octanol–water partition coefficient (Wildman–Crippen LogP) is 5.08. The Morgan fingerprint density at radius 1 is 1.00 bits per heavy atom. The Kier molecular flexibility index (Phi) is 10.7. The van der Waals surface area contributed by atoms with Crippen molar-refractivity contribution in [1.82, 2.24) is 29.4 Å². The van der Waals surface area contributed by atoms with Crippen molar-refractivity contribution in [3.05, 3.63) is 116 Å². The molecule has 0 radical (unpaired) electrons. The minimum atomic E-state index is -0.178. The maximum Gasteiger partial charge on any atom is 0.255 e. The van der Waals surface area contributed by atoms with Crippen molar-refractivity contribution >= 4 is 29.0 Å². The summed E-state index contributed by atoms with van der Waals surface area (Å²) < 4.78 is 12.8. The maximum atomic E-state index is 12.9. The average molecular weight is 632 g/mol. The molecule has 0 bridgehead atoms. The third kappa shape index (κ3) is 8.28. The van der Waals surface area contributed by atoms with Gasteiger partial charge in [-0.15, -0.1) is 11.3 Å². The van der Waals surface area contributed by atoms with E-state index in [0.29, 0.717) is 24.5 Å². The summed E-state index contributed by atoms with van der Waals surface area (Å²) in [5.41, 5.74) is 4.41. The summed E-state index contributed by atoms with van der Waals surface area (Å²) >= 11 is 3.50. The lowest BCUT2D eigenvalue weighted by atomic mass is 9.98. The Labute approximate surface area is 265 Å². The van der Waals surface area contributed by atoms with Gasteiger partial charge in [0.2, 0.25) is 5.95 Å². The van der Waals surface area contributed by atoms with Gasteiger partial charge in [-0.25, -0.2) is 15.0 Å². The maximum absolute atomic E-state index is 12.9. The minimum absolute atomic E-state index is 0.121. The Hall–Kier alpha value is -4.13. The zero-order valence-corrected chi connectivity index (χ0v) is 27.0. The molecular formula is C32H37N7O3S2. The van der Waals surface area contributed by atoms with E-state index in [-0.39, 0.29) is 11.6 Å². The van der Waals surface area contributed by atoms with Crippen LogP contribution in [0, 0.1) is 0 Å². The first-order valence-corrected chi connectivity index (χ1v) is 16.2. The van der Waals surface area contributed by atoms with E-state index in [0.717, 1.165) is 57.1 Å². The number of H-pyrrole nitrogens is 1. The van der Waals surface area contributed by atoms with Gasteiger partial charge in [-0.05, 0) is 49.5 Å². The second-order valence-corrected chi connectivity index (χ2v) is 12.5. The van der Waals surface area contributed by atoms with Gasteiger partial charge < -0.3 is 24.3 Å². The summed E-state index contributed by atoms with van der Waals surface area (Å²) in [6.45, 7) is 1.55. The first-order valence-electron chi connectivity index (χ1n) is 14.2. The summed E-state index contributed by atoms with van der Waals surface area (Å²) in [7, 11) is 7.40. The fourth-order valence-electron chi connectivity index (χ4n) is 4.73. The zero-order valence-electron chi connectivity index (χ0n) is 25.3. The molecule has 12 heteroatoms. The van der Waals surface area contributed by atoms with Crippen LogP contribution in [0.25, 0.3) is 0 Å². The van der Waals surface area contributed by atoms with Crippen molar-refractivity contribution in [3.63, 3.8) is 0 Å². The summed E-state index contributed by atoms with van der Waals surface area (Å²) in [5, 5.41) is 6.47. The van der Waals surface area contributed by atoms with Crippen molar-refractivity contribution in [2.45, 2.75) is 24.8 Å². The molecule has 0 unspecified atom stereocenters. The topological polar surface area (TPSA) is 110 Å². The van der Waals surface area contributed by atoms with E-state index in [2.05, 4.69) is 40.1 Å². The molecule has 0 saturated carbocycles. The van der Waals surface area contributed by atoms with Crippen LogP contribution in [0.5, 0.6) is 11.5 Å². The number of aromatic amines is 1. The molecule has 5 rings (SSSR count). The number of ether oxygens (including phenoxy) is 2. The van der Waals surface area contributed by atoms with Gasteiger partial charge in [-0.3, -0.25) is 9.78 Å². The van der Waals surface area contributed by atoms with Gasteiger partial charge >= 0.3 is 0 Å². The highest BCUT2D eigenvalue weighted by Crippen LogP contribution is 2.30. The van der Waals surface area contributed by atoms with Crippen molar-refractivity contribution in [2.24, 2.45) is 0 Å². The predicted molar refractivity (Wildman–Crippen MR) is 177 cm³/mol. The van der Waals surface area contributed by atoms with E-state index in [9.17, 15) is 4.79 Å². The molecule has 0 aliphatic heterocycles. The highest BCUT2D eigenvalue weighted by molar-refractivity contribution is 7.98. The first-order chi connectivity index (χ1) is 21.4. The van der Waals surface area contributed by atoms with Crippen LogP contribution in [0.4, 0.5) is 5.95 Å². The molecule has 0 fully saturated rings. The van der Waals surface area contributed by atoms with E-state index < -0.39 is 0 Å². The fraction of sp³-hybridized carbons (Fsp3) is 0.312. The van der Waals surface area contributed by atoms with Crippen molar-refractivity contribution < 1.29 is 9.47 Å². The van der Waals surface area contributed by atoms with Gasteiger partial charge in [0.1, 0.15) is 16.5 Å². The van der Waals surface area contributed by atoms with E-state index in [1.807, 2.05) is 68.8 Å². The number of anilines is 1. The van der Waals surface area contributed by atoms with Crippen molar-refractivity contribution in [1.29, 1.82) is 0 Å². The largest absolute Gasteiger partial charge is 0.497 e. The smallest absolute Gasteiger partial charge is 0.255 e. The lowest BCUT2D eigenvalue weighted by Gasteiger charge is -2.20. The summed E-state index contributed by atoms with van der Waals surface area (Å²) in [6, 6.07) is 15.9. The minimum Gasteiger partial charge on any atom is -0.497 e. The van der Waals surface area contributed by atoms with E-state index >= 15 is 0 Å². The number of thiazole rings is 1. The molecular weight excluding hydrogens is 595 g/mol. The monoisotopic (exact) mass is 631 g/mol. The van der Waals surface area contributed by atoms with Gasteiger partial charge in [-0.1, -0.05) is 24.3 Å². The molecule has 3 aromatic heterocycles. The standard InChI is InChI=1S/C32H37N7O3S2/c1-38(2)18-29-36-26(20-44-29)19-43-14-13-33-32-34-16-24(31(40)37-32)15-25-17-39(21-35-25)30(22-5-9-27(41-3)10-6-22)23-7-11-28(42-4)12-8-23/h5-12,16-17,20-21,30H,13-15,18-19H2,1-4H3,(H2,33,34,37,40). The van der Waals surface area contributed by atoms with Gasteiger partial charge in [0, 0.05) is 54.4 Å². The number of rotatable bonds is 15. The van der Waals surface area contributed by atoms with Crippen LogP contribution in [0.2, 0.25) is 0 Å². The average Bonchev–Trinajstić information content (AvgIpc) is 3.68. The van der Waals surface area contributed by atoms with Crippen LogP contribution < -0.4 is 20.3 Å². The number of thioether (sulfide) groups is 1. The molecule has 5 aromatic rings. The van der Waals surface area contributed by atoms with Gasteiger partial charge in [0.25, 0.3) is 5.56 Å². The molecule has 3 heterocycles. The second-order valence-electron chi connectivity index (χ2n) is 10.5. The molecule has 0 amide bonds. The molecule has 2 N–H and O–H groups in total. The summed E-state index contributed by atoms with van der Waals surface area (Å²) in [4.78, 5) is 31.6.